The molecule has 0 fully saturated rings. The van der Waals surface area contributed by atoms with Gasteiger partial charge in [0.15, 0.2) is 28.6 Å². The fourth-order valence-corrected chi connectivity index (χ4v) is 7.73. The number of carboxylic acids is 1. The van der Waals surface area contributed by atoms with E-state index in [2.05, 4.69) is 20.6 Å². The second-order valence-electron chi connectivity index (χ2n) is 15.8. The Labute approximate surface area is 406 Å². The van der Waals surface area contributed by atoms with Gasteiger partial charge in [0, 0.05) is 57.1 Å². The van der Waals surface area contributed by atoms with Gasteiger partial charge in [-0.15, -0.1) is 0 Å². The lowest BCUT2D eigenvalue weighted by Crippen LogP contribution is -2.35. The minimum absolute atomic E-state index is 0.00302. The third-order valence-electron chi connectivity index (χ3n) is 11.1. The number of carbonyl (C=O) groups excluding carboxylic acids is 3. The van der Waals surface area contributed by atoms with Crippen LogP contribution in [-0.4, -0.2) is 87.0 Å². The highest BCUT2D eigenvalue weighted by Crippen LogP contribution is 2.40. The summed E-state index contributed by atoms with van der Waals surface area (Å²) in [6, 6.07) is 20.7. The predicted octanol–water partition coefficient (Wildman–Crippen LogP) is 5.30. The molecule has 2 aliphatic rings. The third-order valence-corrected chi connectivity index (χ3v) is 11.1. The summed E-state index contributed by atoms with van der Waals surface area (Å²) in [4.78, 5) is 85.5. The normalized spacial score (nSPS) is 12.1. The van der Waals surface area contributed by atoms with E-state index in [1.807, 2.05) is 30.3 Å². The van der Waals surface area contributed by atoms with Crippen molar-refractivity contribution in [1.82, 2.24) is 29.7 Å². The van der Waals surface area contributed by atoms with Crippen molar-refractivity contribution < 1.29 is 61.9 Å². The van der Waals surface area contributed by atoms with E-state index in [-0.39, 0.29) is 84.3 Å². The Hall–Kier alpha value is -9.24. The van der Waals surface area contributed by atoms with E-state index < -0.39 is 69.1 Å². The van der Waals surface area contributed by atoms with Gasteiger partial charge in [0.1, 0.15) is 45.9 Å². The average Bonchev–Trinajstić information content (AvgIpc) is 3.38. The molecule has 72 heavy (non-hydrogen) atoms. The van der Waals surface area contributed by atoms with Crippen LogP contribution in [0.25, 0.3) is 34.5 Å². The van der Waals surface area contributed by atoms with E-state index >= 15 is 0 Å². The Bertz CT molecular complexity index is 3490. The number of hydrogen-bond donors (Lipinski definition) is 4. The first-order chi connectivity index (χ1) is 34.7. The predicted molar refractivity (Wildman–Crippen MR) is 255 cm³/mol. The molecule has 0 saturated carbocycles. The number of hydrogen-bond acceptors (Lipinski definition) is 14. The lowest BCUT2D eigenvalue weighted by molar-refractivity contribution is -0.135. The second kappa shape index (κ2) is 21.2. The molecule has 2 aliphatic heterocycles. The van der Waals surface area contributed by atoms with Crippen molar-refractivity contribution in [1.29, 1.82) is 0 Å². The van der Waals surface area contributed by atoms with Gasteiger partial charge in [0.05, 0.1) is 25.6 Å². The number of rotatable bonds is 15. The van der Waals surface area contributed by atoms with Gasteiger partial charge in [-0.1, -0.05) is 54.6 Å². The Morgan fingerprint density at radius 2 is 1.26 bits per heavy atom. The maximum absolute atomic E-state index is 13.6. The number of aliphatic carboxylic acids is 1. The van der Waals surface area contributed by atoms with Gasteiger partial charge in [0.25, 0.3) is 22.9 Å². The SMILES string of the molecule is CCOC(=O)c1c(OCc2ccccc2)c2ncc(Cc3ccc(F)cc3)c3c2n(c1=O)C=C(C(=O)O)O3.CNC(=O)C1=Cn2c(=O)c(C(=O)NCCOC)c(O)c3ncc(Cc4ccc(F)cc4)c(c32)O1. The number of benzene rings is 3. The van der Waals surface area contributed by atoms with Crippen molar-refractivity contribution in [3.05, 3.63) is 174 Å². The molecule has 21 heteroatoms. The van der Waals surface area contributed by atoms with Crippen LogP contribution >= 0.6 is 0 Å². The number of aromatic nitrogens is 4. The highest BCUT2D eigenvalue weighted by Gasteiger charge is 2.33. The fourth-order valence-electron chi connectivity index (χ4n) is 7.73. The Kier molecular flexibility index (Phi) is 14.5. The van der Waals surface area contributed by atoms with Crippen LogP contribution in [0.3, 0.4) is 0 Å². The molecule has 0 bridgehead atoms. The van der Waals surface area contributed by atoms with E-state index in [0.29, 0.717) is 16.7 Å². The molecule has 0 atom stereocenters. The Morgan fingerprint density at radius 3 is 1.82 bits per heavy atom. The molecule has 0 saturated heterocycles. The number of esters is 1. The molecule has 368 valence electrons. The first-order valence-corrected chi connectivity index (χ1v) is 22.0. The molecule has 0 unspecified atom stereocenters. The summed E-state index contributed by atoms with van der Waals surface area (Å²) in [5.74, 6) is -5.80. The van der Waals surface area contributed by atoms with Gasteiger partial charge < -0.3 is 44.5 Å². The molecule has 3 aromatic carbocycles. The maximum atomic E-state index is 13.6. The number of nitrogens with one attached hydrogen (secondary N) is 2. The van der Waals surface area contributed by atoms with E-state index in [0.717, 1.165) is 32.7 Å². The van der Waals surface area contributed by atoms with Crippen molar-refractivity contribution in [2.45, 2.75) is 26.4 Å². The number of ether oxygens (including phenoxy) is 5. The van der Waals surface area contributed by atoms with E-state index in [4.69, 9.17) is 23.7 Å². The lowest BCUT2D eigenvalue weighted by atomic mass is 10.0. The van der Waals surface area contributed by atoms with E-state index in [1.54, 1.807) is 31.2 Å². The summed E-state index contributed by atoms with van der Waals surface area (Å²) in [5.41, 5.74) is 0.801. The number of pyridine rings is 4. The van der Waals surface area contributed by atoms with E-state index in [1.165, 1.54) is 50.8 Å². The molecular formula is C51H42F2N6O13. The number of aromatic hydroxyl groups is 1. The smallest absolute Gasteiger partial charge is 0.373 e. The molecule has 0 spiro atoms. The first-order valence-electron chi connectivity index (χ1n) is 22.0. The van der Waals surface area contributed by atoms with Crippen molar-refractivity contribution in [2.24, 2.45) is 0 Å². The number of carboxylic acid groups (broad SMARTS) is 1. The van der Waals surface area contributed by atoms with Crippen LogP contribution < -0.4 is 36.0 Å². The number of carbonyl (C=O) groups is 4. The van der Waals surface area contributed by atoms with Gasteiger partial charge in [-0.05, 0) is 47.9 Å². The summed E-state index contributed by atoms with van der Waals surface area (Å²) in [5, 5.41) is 25.4. The first kappa shape index (κ1) is 49.2. The monoisotopic (exact) mass is 984 g/mol. The largest absolute Gasteiger partial charge is 0.505 e. The molecular weight excluding hydrogens is 943 g/mol. The van der Waals surface area contributed by atoms with Gasteiger partial charge in [-0.2, -0.15) is 0 Å². The average molecular weight is 985 g/mol. The van der Waals surface area contributed by atoms with Gasteiger partial charge >= 0.3 is 11.9 Å². The summed E-state index contributed by atoms with van der Waals surface area (Å²) in [7, 11) is 2.86. The lowest BCUT2D eigenvalue weighted by Gasteiger charge is -2.23. The second-order valence-corrected chi connectivity index (χ2v) is 15.8. The topological polar surface area (TPSA) is 249 Å². The van der Waals surface area contributed by atoms with Crippen molar-refractivity contribution in [3.8, 4) is 23.0 Å². The molecule has 4 aromatic heterocycles. The summed E-state index contributed by atoms with van der Waals surface area (Å²) < 4.78 is 56.4. The van der Waals surface area contributed by atoms with Crippen LogP contribution in [0.15, 0.2) is 112 Å². The molecule has 6 heterocycles. The van der Waals surface area contributed by atoms with Crippen LogP contribution in [0.5, 0.6) is 23.0 Å². The van der Waals surface area contributed by atoms with Crippen molar-refractivity contribution >= 4 is 58.2 Å². The zero-order valence-electron chi connectivity index (χ0n) is 38.5. The van der Waals surface area contributed by atoms with Crippen molar-refractivity contribution in [3.63, 3.8) is 0 Å². The third kappa shape index (κ3) is 9.94. The number of methoxy groups -OCH3 is 1. The van der Waals surface area contributed by atoms with Crippen LogP contribution in [0.1, 0.15) is 55.5 Å². The van der Waals surface area contributed by atoms with Crippen LogP contribution in [0, 0.1) is 11.6 Å². The number of likely N-dealkylation sites (N-methyl/N-ethyl adjacent to an activating group) is 1. The van der Waals surface area contributed by atoms with Crippen molar-refractivity contribution in [2.75, 3.05) is 33.9 Å². The summed E-state index contributed by atoms with van der Waals surface area (Å²) in [6.07, 6.45) is 5.45. The van der Waals surface area contributed by atoms with Gasteiger partial charge in [0.2, 0.25) is 11.5 Å². The molecule has 0 aliphatic carbocycles. The molecule has 2 amide bonds. The molecule has 7 aromatic rings. The number of amides is 2. The zero-order valence-corrected chi connectivity index (χ0v) is 38.5. The zero-order chi connectivity index (χ0) is 51.2. The van der Waals surface area contributed by atoms with Crippen LogP contribution in [0.4, 0.5) is 8.78 Å². The molecule has 0 radical (unpaired) electrons. The van der Waals surface area contributed by atoms with Crippen LogP contribution in [-0.2, 0) is 38.5 Å². The molecule has 9 rings (SSSR count). The maximum Gasteiger partial charge on any atom is 0.373 e. The summed E-state index contributed by atoms with van der Waals surface area (Å²) in [6.45, 7) is 1.95. The summed E-state index contributed by atoms with van der Waals surface area (Å²) >= 11 is 0. The highest BCUT2D eigenvalue weighted by atomic mass is 19.1. The number of halogens is 2. The number of nitrogens with zero attached hydrogens (tertiary/aromatic N) is 4. The standard InChI is InChI=1S/C28H21FN2O7.C23H21FN4O6/c1-2-36-28(35)21-25(37-15-17-6-4-3-5-7-17)22-23-24(38-20(27(33)34)14-31(23)26(21)32)18(13-30-22)12-16-8-10-19(29)11-9-16;1-25-21(30)15-11-28-18-17(19(29)16(23(28)32)22(31)26-7-8-33-2)27-10-13(20(18)34-15)9-12-3-5-14(24)6-4-12/h3-11,13-14H,2,12,15H2,1H3,(H,33,34);3-6,10-11,29H,7-9H2,1-2H3,(H,25,30)(H,26,31). The minimum atomic E-state index is -1.41. The van der Waals surface area contributed by atoms with Crippen LogP contribution in [0.2, 0.25) is 0 Å². The molecule has 4 N–H and O–H groups in total. The highest BCUT2D eigenvalue weighted by molar-refractivity contribution is 6.05. The molecule has 19 nitrogen and oxygen atoms in total. The van der Waals surface area contributed by atoms with E-state index in [9.17, 15) is 47.8 Å². The van der Waals surface area contributed by atoms with Gasteiger partial charge in [-0.25, -0.2) is 18.4 Å². The van der Waals surface area contributed by atoms with Gasteiger partial charge in [-0.3, -0.25) is 38.3 Å². The Morgan fingerprint density at radius 1 is 0.722 bits per heavy atom. The Balaban J connectivity index is 0.000000194. The fraction of sp³-hybridized carbons (Fsp3) is 0.176. The minimum Gasteiger partial charge on any atom is -0.505 e. The quantitative estimate of drug-likeness (QED) is 0.0752.